The molecule has 0 atom stereocenters. The molecule has 0 bridgehead atoms. The number of anilines is 1. The van der Waals surface area contributed by atoms with Crippen molar-refractivity contribution in [3.8, 4) is 6.07 Å². The summed E-state index contributed by atoms with van der Waals surface area (Å²) in [5.74, 6) is 0.174. The summed E-state index contributed by atoms with van der Waals surface area (Å²) in [6.45, 7) is 0. The zero-order valence-electron chi connectivity index (χ0n) is 6.46. The summed E-state index contributed by atoms with van der Waals surface area (Å²) in [6.07, 6.45) is 1.31. The monoisotopic (exact) mass is 175 g/mol. The van der Waals surface area contributed by atoms with E-state index in [-0.39, 0.29) is 16.8 Å². The summed E-state index contributed by atoms with van der Waals surface area (Å²) in [5.41, 5.74) is 5.44. The van der Waals surface area contributed by atoms with Crippen LogP contribution in [0.15, 0.2) is 11.0 Å². The van der Waals surface area contributed by atoms with Crippen LogP contribution in [0, 0.1) is 11.3 Å². The third kappa shape index (κ3) is 0.873. The third-order valence-electron chi connectivity index (χ3n) is 1.74. The Bertz CT molecular complexity index is 558. The Labute approximate surface area is 72.0 Å². The normalized spacial score (nSPS) is 10.1. The lowest BCUT2D eigenvalue weighted by Crippen LogP contribution is -2.07. The van der Waals surface area contributed by atoms with Crippen molar-refractivity contribution in [2.24, 2.45) is 0 Å². The Morgan fingerprint density at radius 2 is 2.38 bits per heavy atom. The minimum atomic E-state index is -0.400. The summed E-state index contributed by atoms with van der Waals surface area (Å²) < 4.78 is 0. The van der Waals surface area contributed by atoms with E-state index in [1.807, 2.05) is 0 Å². The quantitative estimate of drug-likeness (QED) is 0.510. The number of fused-ring (bicyclic) bond motifs is 1. The van der Waals surface area contributed by atoms with E-state index in [2.05, 4.69) is 15.2 Å². The molecule has 0 radical (unpaired) electrons. The molecule has 0 aliphatic carbocycles. The fourth-order valence-electron chi connectivity index (χ4n) is 1.11. The van der Waals surface area contributed by atoms with Crippen molar-refractivity contribution >= 4 is 16.9 Å². The highest BCUT2D eigenvalue weighted by atomic mass is 16.1. The molecule has 0 saturated heterocycles. The van der Waals surface area contributed by atoms with Crippen molar-refractivity contribution in [1.29, 1.82) is 5.26 Å². The first kappa shape index (κ1) is 7.36. The van der Waals surface area contributed by atoms with Gasteiger partial charge in [-0.05, 0) is 0 Å². The highest BCUT2D eigenvalue weighted by molar-refractivity contribution is 5.86. The van der Waals surface area contributed by atoms with E-state index in [0.717, 1.165) is 0 Å². The van der Waals surface area contributed by atoms with Crippen LogP contribution in [0.4, 0.5) is 5.82 Å². The zero-order valence-corrected chi connectivity index (χ0v) is 6.46. The zero-order chi connectivity index (χ0) is 9.42. The van der Waals surface area contributed by atoms with Crippen LogP contribution in [-0.4, -0.2) is 15.2 Å². The van der Waals surface area contributed by atoms with Gasteiger partial charge in [-0.1, -0.05) is 0 Å². The Morgan fingerprint density at radius 1 is 1.62 bits per heavy atom. The van der Waals surface area contributed by atoms with Crippen molar-refractivity contribution in [2.75, 3.05) is 5.73 Å². The Morgan fingerprint density at radius 3 is 3.08 bits per heavy atom. The number of aromatic nitrogens is 3. The molecule has 4 N–H and O–H groups in total. The largest absolute Gasteiger partial charge is 0.383 e. The van der Waals surface area contributed by atoms with E-state index >= 15 is 0 Å². The lowest BCUT2D eigenvalue weighted by Gasteiger charge is -1.89. The fourth-order valence-corrected chi connectivity index (χ4v) is 1.11. The number of pyridine rings is 1. The summed E-state index contributed by atoms with van der Waals surface area (Å²) in [4.78, 5) is 14.1. The maximum atomic E-state index is 11.5. The smallest absolute Gasteiger partial charge is 0.212 e. The highest BCUT2D eigenvalue weighted by Crippen LogP contribution is 2.10. The maximum absolute atomic E-state index is 11.5. The molecule has 2 rings (SSSR count). The Hall–Kier alpha value is -2.29. The van der Waals surface area contributed by atoms with Crippen molar-refractivity contribution in [3.05, 3.63) is 22.0 Å². The number of aromatic amines is 2. The second kappa shape index (κ2) is 2.35. The van der Waals surface area contributed by atoms with Gasteiger partial charge in [-0.25, -0.2) is 0 Å². The van der Waals surface area contributed by atoms with Gasteiger partial charge in [0.05, 0.1) is 0 Å². The van der Waals surface area contributed by atoms with E-state index < -0.39 is 5.43 Å². The molecule has 13 heavy (non-hydrogen) atoms. The highest BCUT2D eigenvalue weighted by Gasteiger charge is 2.09. The van der Waals surface area contributed by atoms with Crippen molar-refractivity contribution < 1.29 is 0 Å². The molecule has 0 spiro atoms. The second-order valence-corrected chi connectivity index (χ2v) is 2.50. The number of H-pyrrole nitrogens is 2. The Balaban J connectivity index is 3.03. The molecule has 2 heterocycles. The van der Waals surface area contributed by atoms with E-state index in [0.29, 0.717) is 5.65 Å². The van der Waals surface area contributed by atoms with Gasteiger partial charge in [-0.3, -0.25) is 9.89 Å². The predicted octanol–water partition coefficient (Wildman–Crippen LogP) is -0.295. The van der Waals surface area contributed by atoms with Crippen LogP contribution in [0.2, 0.25) is 0 Å². The number of hydrogen-bond acceptors (Lipinski definition) is 4. The average Bonchev–Trinajstić information content (AvgIpc) is 2.49. The van der Waals surface area contributed by atoms with E-state index in [1.54, 1.807) is 6.07 Å². The first-order chi connectivity index (χ1) is 6.24. The van der Waals surface area contributed by atoms with E-state index in [1.165, 1.54) is 6.20 Å². The molecule has 2 aromatic rings. The fraction of sp³-hybridized carbons (Fsp3) is 0. The lowest BCUT2D eigenvalue weighted by atomic mass is 10.2. The predicted molar refractivity (Wildman–Crippen MR) is 45.8 cm³/mol. The number of nitrogens with one attached hydrogen (secondary N) is 2. The number of nitrogen functional groups attached to an aromatic ring is 1. The number of rotatable bonds is 0. The van der Waals surface area contributed by atoms with Gasteiger partial charge >= 0.3 is 0 Å². The van der Waals surface area contributed by atoms with E-state index in [9.17, 15) is 4.79 Å². The van der Waals surface area contributed by atoms with Gasteiger partial charge < -0.3 is 10.7 Å². The molecule has 0 unspecified atom stereocenters. The van der Waals surface area contributed by atoms with Crippen LogP contribution >= 0.6 is 0 Å². The lowest BCUT2D eigenvalue weighted by molar-refractivity contribution is 1.10. The van der Waals surface area contributed by atoms with Crippen LogP contribution < -0.4 is 11.2 Å². The molecular formula is C7H5N5O. The number of nitrogens with zero attached hydrogens (tertiary/aromatic N) is 2. The molecule has 64 valence electrons. The SMILES string of the molecule is N#Cc1c[nH]c2n[nH]c(N)c2c1=O. The molecule has 6 nitrogen and oxygen atoms in total. The van der Waals surface area contributed by atoms with Crippen molar-refractivity contribution in [2.45, 2.75) is 0 Å². The topological polar surface area (TPSA) is 111 Å². The first-order valence-electron chi connectivity index (χ1n) is 3.49. The van der Waals surface area contributed by atoms with Gasteiger partial charge in [-0.2, -0.15) is 10.4 Å². The van der Waals surface area contributed by atoms with Gasteiger partial charge in [0.15, 0.2) is 5.65 Å². The maximum Gasteiger partial charge on any atom is 0.212 e. The Kier molecular flexibility index (Phi) is 1.33. The van der Waals surface area contributed by atoms with E-state index in [4.69, 9.17) is 11.0 Å². The minimum Gasteiger partial charge on any atom is -0.383 e. The van der Waals surface area contributed by atoms with Gasteiger partial charge in [0.25, 0.3) is 0 Å². The van der Waals surface area contributed by atoms with Gasteiger partial charge in [0.1, 0.15) is 22.8 Å². The molecule has 0 saturated carbocycles. The number of hydrogen-bond donors (Lipinski definition) is 3. The molecule has 0 aliphatic heterocycles. The van der Waals surface area contributed by atoms with Crippen LogP contribution in [-0.2, 0) is 0 Å². The van der Waals surface area contributed by atoms with Gasteiger partial charge in [0, 0.05) is 6.20 Å². The van der Waals surface area contributed by atoms with Crippen LogP contribution in [0.1, 0.15) is 5.56 Å². The molecule has 2 aromatic heterocycles. The summed E-state index contributed by atoms with van der Waals surface area (Å²) in [5, 5.41) is 15.0. The van der Waals surface area contributed by atoms with Crippen LogP contribution in [0.3, 0.4) is 0 Å². The summed E-state index contributed by atoms with van der Waals surface area (Å²) in [7, 11) is 0. The average molecular weight is 175 g/mol. The summed E-state index contributed by atoms with van der Waals surface area (Å²) >= 11 is 0. The number of nitriles is 1. The summed E-state index contributed by atoms with van der Waals surface area (Å²) in [6, 6.07) is 1.76. The molecular weight excluding hydrogens is 170 g/mol. The molecule has 0 aromatic carbocycles. The molecule has 0 aliphatic rings. The second-order valence-electron chi connectivity index (χ2n) is 2.50. The van der Waals surface area contributed by atoms with Gasteiger partial charge in [-0.15, -0.1) is 0 Å². The molecule has 0 fully saturated rings. The van der Waals surface area contributed by atoms with Crippen LogP contribution in [0.5, 0.6) is 0 Å². The standard InChI is InChI=1S/C7H5N5O/c8-1-3-2-10-7-4(5(3)13)6(9)11-12-7/h2H,(H4,9,10,11,12,13). The third-order valence-corrected chi connectivity index (χ3v) is 1.74. The van der Waals surface area contributed by atoms with Crippen molar-refractivity contribution in [3.63, 3.8) is 0 Å². The van der Waals surface area contributed by atoms with Gasteiger partial charge in [0.2, 0.25) is 5.43 Å². The first-order valence-corrected chi connectivity index (χ1v) is 3.49. The number of nitrogens with two attached hydrogens (primary N) is 1. The minimum absolute atomic E-state index is 0.0283. The molecule has 6 heteroatoms. The van der Waals surface area contributed by atoms with Crippen LogP contribution in [0.25, 0.3) is 11.0 Å². The van der Waals surface area contributed by atoms with Crippen molar-refractivity contribution in [1.82, 2.24) is 15.2 Å². The molecule has 0 amide bonds.